The van der Waals surface area contributed by atoms with Crippen LogP contribution in [0.25, 0.3) is 5.69 Å². The van der Waals surface area contributed by atoms with E-state index in [0.29, 0.717) is 11.3 Å². The van der Waals surface area contributed by atoms with Crippen molar-refractivity contribution in [2.24, 2.45) is 0 Å². The number of aliphatic hydroxyl groups excluding tert-OH is 1. The summed E-state index contributed by atoms with van der Waals surface area (Å²) in [6, 6.07) is 12.6. The summed E-state index contributed by atoms with van der Waals surface area (Å²) in [4.78, 5) is 12.4. The molecule has 0 bridgehead atoms. The predicted molar refractivity (Wildman–Crippen MR) is 86.4 cm³/mol. The maximum atomic E-state index is 12.4. The quantitative estimate of drug-likeness (QED) is 0.775. The van der Waals surface area contributed by atoms with Crippen LogP contribution < -0.4 is 5.32 Å². The van der Waals surface area contributed by atoms with Crippen LogP contribution in [0.4, 0.5) is 5.69 Å². The van der Waals surface area contributed by atoms with Gasteiger partial charge >= 0.3 is 0 Å². The molecule has 0 atom stereocenters. The molecular weight excluding hydrogens is 292 g/mol. The first-order chi connectivity index (χ1) is 11.2. The highest BCUT2D eigenvalue weighted by Crippen LogP contribution is 2.18. The minimum absolute atomic E-state index is 0.0587. The van der Waals surface area contributed by atoms with E-state index in [1.807, 2.05) is 31.2 Å². The Morgan fingerprint density at radius 1 is 1.13 bits per heavy atom. The summed E-state index contributed by atoms with van der Waals surface area (Å²) in [6.07, 6.45) is 3.19. The van der Waals surface area contributed by atoms with Gasteiger partial charge in [-0.2, -0.15) is 0 Å². The first-order valence-electron chi connectivity index (χ1n) is 7.14. The number of rotatable bonds is 4. The second-order valence-corrected chi connectivity index (χ2v) is 5.18. The number of aromatic nitrogens is 3. The van der Waals surface area contributed by atoms with Crippen LogP contribution in [-0.2, 0) is 6.61 Å². The molecule has 2 aromatic carbocycles. The van der Waals surface area contributed by atoms with Gasteiger partial charge in [0.2, 0.25) is 0 Å². The highest BCUT2D eigenvalue weighted by molar-refractivity contribution is 6.04. The van der Waals surface area contributed by atoms with E-state index in [1.165, 1.54) is 0 Å². The third kappa shape index (κ3) is 3.27. The molecule has 0 saturated carbocycles. The molecule has 1 heterocycles. The number of nitrogens with one attached hydrogen (secondary N) is 1. The van der Waals surface area contributed by atoms with Crippen molar-refractivity contribution in [2.75, 3.05) is 5.32 Å². The largest absolute Gasteiger partial charge is 0.392 e. The Morgan fingerprint density at radius 3 is 2.48 bits per heavy atom. The first-order valence-corrected chi connectivity index (χ1v) is 7.14. The zero-order valence-corrected chi connectivity index (χ0v) is 12.6. The van der Waals surface area contributed by atoms with Crippen LogP contribution in [0.15, 0.2) is 55.1 Å². The lowest BCUT2D eigenvalue weighted by Gasteiger charge is -2.10. The van der Waals surface area contributed by atoms with E-state index in [4.69, 9.17) is 0 Å². The molecule has 0 saturated heterocycles. The Bertz CT molecular complexity index is 811. The van der Waals surface area contributed by atoms with Crippen LogP contribution in [0.1, 0.15) is 21.5 Å². The van der Waals surface area contributed by atoms with Crippen molar-refractivity contribution in [2.45, 2.75) is 13.5 Å². The van der Waals surface area contributed by atoms with Crippen LogP contribution in [0.5, 0.6) is 0 Å². The van der Waals surface area contributed by atoms with E-state index in [-0.39, 0.29) is 12.5 Å². The second kappa shape index (κ2) is 6.41. The number of hydrogen-bond acceptors (Lipinski definition) is 4. The van der Waals surface area contributed by atoms with Crippen molar-refractivity contribution in [3.8, 4) is 5.69 Å². The van der Waals surface area contributed by atoms with Gasteiger partial charge < -0.3 is 10.4 Å². The van der Waals surface area contributed by atoms with E-state index < -0.39 is 0 Å². The zero-order valence-electron chi connectivity index (χ0n) is 12.6. The molecule has 2 N–H and O–H groups in total. The predicted octanol–water partition coefficient (Wildman–Crippen LogP) is 2.32. The van der Waals surface area contributed by atoms with Gasteiger partial charge in [-0.15, -0.1) is 10.2 Å². The number of benzene rings is 2. The van der Waals surface area contributed by atoms with Crippen LogP contribution in [-0.4, -0.2) is 25.8 Å². The molecule has 0 fully saturated rings. The number of aryl methyl sites for hydroxylation is 1. The molecule has 3 rings (SSSR count). The normalized spacial score (nSPS) is 10.5. The number of anilines is 1. The van der Waals surface area contributed by atoms with Crippen LogP contribution in [0, 0.1) is 6.92 Å². The molecule has 6 nitrogen and oxygen atoms in total. The molecule has 116 valence electrons. The Labute approximate surface area is 133 Å². The third-order valence-corrected chi connectivity index (χ3v) is 3.58. The van der Waals surface area contributed by atoms with Crippen LogP contribution in [0.3, 0.4) is 0 Å². The first kappa shape index (κ1) is 14.9. The van der Waals surface area contributed by atoms with Crippen molar-refractivity contribution in [3.63, 3.8) is 0 Å². The Balaban J connectivity index is 1.78. The molecule has 0 unspecified atom stereocenters. The van der Waals surface area contributed by atoms with Gasteiger partial charge in [-0.05, 0) is 48.4 Å². The third-order valence-electron chi connectivity index (χ3n) is 3.58. The minimum atomic E-state index is -0.196. The highest BCUT2D eigenvalue weighted by atomic mass is 16.3. The summed E-state index contributed by atoms with van der Waals surface area (Å²) < 4.78 is 1.76. The van der Waals surface area contributed by atoms with E-state index >= 15 is 0 Å². The molecule has 23 heavy (non-hydrogen) atoms. The maximum Gasteiger partial charge on any atom is 0.255 e. The van der Waals surface area contributed by atoms with Crippen LogP contribution >= 0.6 is 0 Å². The number of carbonyl (C=O) groups is 1. The van der Waals surface area contributed by atoms with Gasteiger partial charge in [-0.3, -0.25) is 9.36 Å². The molecule has 0 aliphatic carbocycles. The molecule has 3 aromatic rings. The number of amides is 1. The van der Waals surface area contributed by atoms with Crippen molar-refractivity contribution in [3.05, 3.63) is 71.8 Å². The lowest BCUT2D eigenvalue weighted by molar-refractivity contribution is 0.102. The van der Waals surface area contributed by atoms with Crippen molar-refractivity contribution < 1.29 is 9.90 Å². The standard InChI is InChI=1S/C17H16N4O2/c1-12-2-3-13(9-22)8-16(12)20-17(23)14-4-6-15(7-5-14)21-10-18-19-11-21/h2-8,10-11,22H,9H2,1H3,(H,20,23). The van der Waals surface area contributed by atoms with E-state index in [0.717, 1.165) is 16.8 Å². The number of hydrogen-bond donors (Lipinski definition) is 2. The second-order valence-electron chi connectivity index (χ2n) is 5.18. The van der Waals surface area contributed by atoms with Crippen molar-refractivity contribution >= 4 is 11.6 Å². The highest BCUT2D eigenvalue weighted by Gasteiger charge is 2.09. The zero-order chi connectivity index (χ0) is 16.2. The van der Waals surface area contributed by atoms with Gasteiger partial charge in [-0.25, -0.2) is 0 Å². The van der Waals surface area contributed by atoms with Crippen LogP contribution in [0.2, 0.25) is 0 Å². The van der Waals surface area contributed by atoms with E-state index in [2.05, 4.69) is 15.5 Å². The molecular formula is C17H16N4O2. The summed E-state index contributed by atoms with van der Waals surface area (Å²) in [5, 5.41) is 19.6. The van der Waals surface area contributed by atoms with Gasteiger partial charge in [0.1, 0.15) is 12.7 Å². The van der Waals surface area contributed by atoms with E-state index in [1.54, 1.807) is 35.4 Å². The maximum absolute atomic E-state index is 12.4. The average Bonchev–Trinajstić information content (AvgIpc) is 3.11. The lowest BCUT2D eigenvalue weighted by atomic mass is 10.1. The number of nitrogens with zero attached hydrogens (tertiary/aromatic N) is 3. The number of aliphatic hydroxyl groups is 1. The summed E-state index contributed by atoms with van der Waals surface area (Å²) in [5.41, 5.74) is 3.83. The Kier molecular flexibility index (Phi) is 4.16. The molecule has 0 aliphatic heterocycles. The van der Waals surface area contributed by atoms with Gasteiger partial charge in [-0.1, -0.05) is 12.1 Å². The van der Waals surface area contributed by atoms with E-state index in [9.17, 15) is 9.90 Å². The molecule has 6 heteroatoms. The molecule has 1 aromatic heterocycles. The summed E-state index contributed by atoms with van der Waals surface area (Å²) >= 11 is 0. The summed E-state index contributed by atoms with van der Waals surface area (Å²) in [6.45, 7) is 1.85. The van der Waals surface area contributed by atoms with Gasteiger partial charge in [0.15, 0.2) is 0 Å². The monoisotopic (exact) mass is 308 g/mol. The Morgan fingerprint density at radius 2 is 1.83 bits per heavy atom. The molecule has 0 spiro atoms. The summed E-state index contributed by atoms with van der Waals surface area (Å²) in [5.74, 6) is -0.196. The average molecular weight is 308 g/mol. The molecule has 0 radical (unpaired) electrons. The molecule has 0 aliphatic rings. The minimum Gasteiger partial charge on any atom is -0.392 e. The SMILES string of the molecule is Cc1ccc(CO)cc1NC(=O)c1ccc(-n2cnnc2)cc1. The number of carbonyl (C=O) groups excluding carboxylic acids is 1. The van der Waals surface area contributed by atoms with Gasteiger partial charge in [0.05, 0.1) is 6.61 Å². The summed E-state index contributed by atoms with van der Waals surface area (Å²) in [7, 11) is 0. The topological polar surface area (TPSA) is 80.0 Å². The fraction of sp³-hybridized carbons (Fsp3) is 0.118. The Hall–Kier alpha value is -2.99. The fourth-order valence-electron chi connectivity index (χ4n) is 2.22. The smallest absolute Gasteiger partial charge is 0.255 e. The molecule has 1 amide bonds. The van der Waals surface area contributed by atoms with Crippen molar-refractivity contribution in [1.82, 2.24) is 14.8 Å². The lowest BCUT2D eigenvalue weighted by Crippen LogP contribution is -2.13. The van der Waals surface area contributed by atoms with Crippen molar-refractivity contribution in [1.29, 1.82) is 0 Å². The van der Waals surface area contributed by atoms with Gasteiger partial charge in [0.25, 0.3) is 5.91 Å². The fourth-order valence-corrected chi connectivity index (χ4v) is 2.22. The van der Waals surface area contributed by atoms with Gasteiger partial charge in [0, 0.05) is 16.9 Å².